The molecule has 2 aromatic carbocycles. The van der Waals surface area contributed by atoms with Crippen LogP contribution >= 0.6 is 0 Å². The molecule has 0 spiro atoms. The largest absolute Gasteiger partial charge is 0.378 e. The number of hydrogen-bond donors (Lipinski definition) is 2. The fourth-order valence-electron chi connectivity index (χ4n) is 3.39. The number of nitrogens with one attached hydrogen (secondary N) is 2. The van der Waals surface area contributed by atoms with Crippen molar-refractivity contribution in [2.24, 2.45) is 0 Å². The summed E-state index contributed by atoms with van der Waals surface area (Å²) in [5.74, 6) is 0. The summed E-state index contributed by atoms with van der Waals surface area (Å²) in [5.41, 5.74) is 7.52. The first-order valence-corrected chi connectivity index (χ1v) is 9.08. The summed E-state index contributed by atoms with van der Waals surface area (Å²) in [7, 11) is 4.03. The third-order valence-corrected chi connectivity index (χ3v) is 5.02. The number of fused-ring (bicyclic) bond motifs is 1. The van der Waals surface area contributed by atoms with Gasteiger partial charge in [0, 0.05) is 60.5 Å². The number of rotatable bonds is 4. The predicted octanol–water partition coefficient (Wildman–Crippen LogP) is 5.22. The van der Waals surface area contributed by atoms with E-state index in [0.717, 1.165) is 44.7 Å². The molecule has 4 rings (SSSR count). The summed E-state index contributed by atoms with van der Waals surface area (Å²) in [6.45, 7) is 2.08. The van der Waals surface area contributed by atoms with Crippen molar-refractivity contribution in [3.05, 3.63) is 72.2 Å². The summed E-state index contributed by atoms with van der Waals surface area (Å²) in [6, 6.07) is 16.7. The van der Waals surface area contributed by atoms with E-state index in [1.807, 2.05) is 32.4 Å². The van der Waals surface area contributed by atoms with Crippen molar-refractivity contribution in [2.75, 3.05) is 24.3 Å². The first-order valence-electron chi connectivity index (χ1n) is 9.08. The molecule has 0 saturated carbocycles. The molecule has 0 aliphatic heterocycles. The number of hydrogen-bond acceptors (Lipinski definition) is 4. The van der Waals surface area contributed by atoms with Crippen molar-refractivity contribution in [1.82, 2.24) is 9.97 Å². The number of aromatic nitrogens is 2. The van der Waals surface area contributed by atoms with Gasteiger partial charge < -0.3 is 15.2 Å². The van der Waals surface area contributed by atoms with Gasteiger partial charge in [-0.3, -0.25) is 4.98 Å². The number of H-pyrrole nitrogens is 1. The van der Waals surface area contributed by atoms with Crippen LogP contribution in [0.25, 0.3) is 22.0 Å². The molecule has 0 radical (unpaired) electrons. The normalized spacial score (nSPS) is 10.6. The van der Waals surface area contributed by atoms with E-state index in [1.165, 1.54) is 0 Å². The van der Waals surface area contributed by atoms with Crippen LogP contribution < -0.4 is 10.2 Å². The van der Waals surface area contributed by atoms with Crippen LogP contribution in [0.2, 0.25) is 0 Å². The molecule has 2 heterocycles. The SMILES string of the molecule is Cc1c(Nc2c(C#N)cncc2-c2ccc(N(C)C)cc2)ccc2[nH]ccc12. The van der Waals surface area contributed by atoms with Gasteiger partial charge in [0.05, 0.1) is 11.3 Å². The lowest BCUT2D eigenvalue weighted by molar-refractivity contribution is 1.13. The Balaban J connectivity index is 1.81. The van der Waals surface area contributed by atoms with E-state index in [4.69, 9.17) is 0 Å². The predicted molar refractivity (Wildman–Crippen MR) is 115 cm³/mol. The van der Waals surface area contributed by atoms with E-state index >= 15 is 0 Å². The van der Waals surface area contributed by atoms with Crippen molar-refractivity contribution in [1.29, 1.82) is 5.26 Å². The third-order valence-electron chi connectivity index (χ3n) is 5.02. The number of aromatic amines is 1. The molecule has 0 aliphatic rings. The highest BCUT2D eigenvalue weighted by Gasteiger charge is 2.14. The van der Waals surface area contributed by atoms with Gasteiger partial charge in [-0.1, -0.05) is 12.1 Å². The smallest absolute Gasteiger partial charge is 0.103 e. The molecule has 0 unspecified atom stereocenters. The standard InChI is InChI=1S/C23H21N5/c1-15-19-10-11-26-22(19)9-8-21(15)27-23-17(12-24)13-25-14-20(23)16-4-6-18(7-5-16)28(2)3/h4-11,13-14,26H,1-3H3,(H,25,27). The van der Waals surface area contributed by atoms with Crippen LogP contribution in [0.1, 0.15) is 11.1 Å². The average molecular weight is 367 g/mol. The minimum absolute atomic E-state index is 0.516. The van der Waals surface area contributed by atoms with Crippen molar-refractivity contribution >= 4 is 28.0 Å². The zero-order chi connectivity index (χ0) is 19.7. The van der Waals surface area contributed by atoms with Crippen LogP contribution in [0.4, 0.5) is 17.1 Å². The highest BCUT2D eigenvalue weighted by molar-refractivity contribution is 5.91. The van der Waals surface area contributed by atoms with E-state index in [0.29, 0.717) is 5.56 Å². The number of aryl methyl sites for hydroxylation is 1. The van der Waals surface area contributed by atoms with Gasteiger partial charge in [0.2, 0.25) is 0 Å². The molecular weight excluding hydrogens is 346 g/mol. The van der Waals surface area contributed by atoms with Crippen LogP contribution in [0.5, 0.6) is 0 Å². The lowest BCUT2D eigenvalue weighted by Gasteiger charge is -2.17. The molecule has 0 saturated heterocycles. The number of benzene rings is 2. The Hall–Kier alpha value is -3.78. The summed E-state index contributed by atoms with van der Waals surface area (Å²) < 4.78 is 0. The van der Waals surface area contributed by atoms with E-state index in [9.17, 15) is 5.26 Å². The maximum atomic E-state index is 9.65. The Kier molecular flexibility index (Phi) is 4.46. The molecule has 0 atom stereocenters. The van der Waals surface area contributed by atoms with E-state index in [2.05, 4.69) is 63.5 Å². The molecule has 2 aromatic heterocycles. The second-order valence-corrected chi connectivity index (χ2v) is 6.96. The first-order chi connectivity index (χ1) is 13.6. The number of nitriles is 1. The Morgan fingerprint density at radius 2 is 1.82 bits per heavy atom. The average Bonchev–Trinajstić information content (AvgIpc) is 3.20. The van der Waals surface area contributed by atoms with Crippen molar-refractivity contribution in [3.8, 4) is 17.2 Å². The molecule has 5 heteroatoms. The lowest BCUT2D eigenvalue weighted by Crippen LogP contribution is -2.08. The number of anilines is 3. The summed E-state index contributed by atoms with van der Waals surface area (Å²) in [5, 5.41) is 14.3. The second kappa shape index (κ2) is 7.09. The maximum absolute atomic E-state index is 9.65. The molecule has 0 fully saturated rings. The zero-order valence-corrected chi connectivity index (χ0v) is 16.1. The van der Waals surface area contributed by atoms with Crippen LogP contribution in [0.15, 0.2) is 61.1 Å². The van der Waals surface area contributed by atoms with Crippen LogP contribution in [0, 0.1) is 18.3 Å². The first kappa shape index (κ1) is 17.6. The van der Waals surface area contributed by atoms with Crippen molar-refractivity contribution < 1.29 is 0 Å². The Labute approximate surface area is 164 Å². The van der Waals surface area contributed by atoms with Crippen LogP contribution in [-0.4, -0.2) is 24.1 Å². The fourth-order valence-corrected chi connectivity index (χ4v) is 3.39. The van der Waals surface area contributed by atoms with Gasteiger partial charge in [-0.25, -0.2) is 0 Å². The summed E-state index contributed by atoms with van der Waals surface area (Å²) >= 11 is 0. The molecule has 28 heavy (non-hydrogen) atoms. The molecule has 5 nitrogen and oxygen atoms in total. The summed E-state index contributed by atoms with van der Waals surface area (Å²) in [4.78, 5) is 9.57. The maximum Gasteiger partial charge on any atom is 0.103 e. The second-order valence-electron chi connectivity index (χ2n) is 6.96. The molecule has 0 bridgehead atoms. The van der Waals surface area contributed by atoms with Crippen molar-refractivity contribution in [3.63, 3.8) is 0 Å². The van der Waals surface area contributed by atoms with Crippen LogP contribution in [0.3, 0.4) is 0 Å². The molecule has 0 amide bonds. The fraction of sp³-hybridized carbons (Fsp3) is 0.130. The monoisotopic (exact) mass is 367 g/mol. The lowest BCUT2D eigenvalue weighted by atomic mass is 10.0. The van der Waals surface area contributed by atoms with Gasteiger partial charge in [-0.2, -0.15) is 5.26 Å². The Bertz CT molecular complexity index is 1180. The van der Waals surface area contributed by atoms with E-state index in [1.54, 1.807) is 12.4 Å². The molecule has 0 aliphatic carbocycles. The highest BCUT2D eigenvalue weighted by Crippen LogP contribution is 2.35. The Morgan fingerprint density at radius 1 is 1.04 bits per heavy atom. The van der Waals surface area contributed by atoms with Crippen molar-refractivity contribution in [2.45, 2.75) is 6.92 Å². The minimum Gasteiger partial charge on any atom is -0.378 e. The van der Waals surface area contributed by atoms with Gasteiger partial charge in [0.25, 0.3) is 0 Å². The topological polar surface area (TPSA) is 67.7 Å². The summed E-state index contributed by atoms with van der Waals surface area (Å²) in [6.07, 6.45) is 5.34. The molecule has 4 aromatic rings. The van der Waals surface area contributed by atoms with Gasteiger partial charge in [0.1, 0.15) is 6.07 Å². The Morgan fingerprint density at radius 3 is 2.54 bits per heavy atom. The van der Waals surface area contributed by atoms with Crippen LogP contribution in [-0.2, 0) is 0 Å². The van der Waals surface area contributed by atoms with E-state index < -0.39 is 0 Å². The number of pyridine rings is 1. The molecule has 138 valence electrons. The third kappa shape index (κ3) is 3.06. The molecular formula is C23H21N5. The van der Waals surface area contributed by atoms with E-state index in [-0.39, 0.29) is 0 Å². The zero-order valence-electron chi connectivity index (χ0n) is 16.1. The number of nitrogens with zero attached hydrogens (tertiary/aromatic N) is 3. The van der Waals surface area contributed by atoms with Gasteiger partial charge in [-0.05, 0) is 48.4 Å². The quantitative estimate of drug-likeness (QED) is 0.519. The highest BCUT2D eigenvalue weighted by atomic mass is 15.1. The van der Waals surface area contributed by atoms with Gasteiger partial charge >= 0.3 is 0 Å². The van der Waals surface area contributed by atoms with Gasteiger partial charge in [-0.15, -0.1) is 0 Å². The minimum atomic E-state index is 0.516. The van der Waals surface area contributed by atoms with Gasteiger partial charge in [0.15, 0.2) is 0 Å². The molecule has 2 N–H and O–H groups in total.